The van der Waals surface area contributed by atoms with E-state index in [2.05, 4.69) is 9.80 Å². The third-order valence-electron chi connectivity index (χ3n) is 5.65. The van der Waals surface area contributed by atoms with Crippen LogP contribution in [-0.4, -0.2) is 124 Å². The van der Waals surface area contributed by atoms with E-state index in [9.17, 15) is 14.3 Å². The van der Waals surface area contributed by atoms with Crippen LogP contribution in [0.3, 0.4) is 0 Å². The summed E-state index contributed by atoms with van der Waals surface area (Å²) in [6.45, 7) is 7.19. The molecule has 0 spiro atoms. The number of nitrogens with zero attached hydrogens (tertiary/aromatic N) is 3. The van der Waals surface area contributed by atoms with Crippen molar-refractivity contribution in [1.29, 1.82) is 0 Å². The Labute approximate surface area is 183 Å². The van der Waals surface area contributed by atoms with E-state index in [1.165, 1.54) is 12.1 Å². The maximum absolute atomic E-state index is 14.1. The predicted octanol–water partition coefficient (Wildman–Crippen LogP) is 0.308. The van der Waals surface area contributed by atoms with Crippen LogP contribution in [0.1, 0.15) is 10.4 Å². The van der Waals surface area contributed by atoms with Crippen molar-refractivity contribution in [3.05, 3.63) is 35.6 Å². The smallest absolute Gasteiger partial charge is 0.256 e. The van der Waals surface area contributed by atoms with E-state index in [4.69, 9.17) is 14.2 Å². The van der Waals surface area contributed by atoms with E-state index < -0.39 is 11.9 Å². The Bertz CT molecular complexity index is 689. The molecule has 1 N–H and O–H groups in total. The highest BCUT2D eigenvalue weighted by atomic mass is 19.1. The van der Waals surface area contributed by atoms with Crippen LogP contribution in [0, 0.1) is 5.82 Å². The van der Waals surface area contributed by atoms with Crippen molar-refractivity contribution in [3.63, 3.8) is 0 Å². The zero-order valence-corrected chi connectivity index (χ0v) is 18.2. The molecule has 1 aromatic rings. The number of methoxy groups -OCH3 is 1. The fourth-order valence-electron chi connectivity index (χ4n) is 4.02. The highest BCUT2D eigenvalue weighted by molar-refractivity contribution is 5.94. The second kappa shape index (κ2) is 12.4. The van der Waals surface area contributed by atoms with Gasteiger partial charge >= 0.3 is 0 Å². The first-order chi connectivity index (χ1) is 15.1. The number of aliphatic hydroxyl groups is 1. The van der Waals surface area contributed by atoms with Crippen LogP contribution in [-0.2, 0) is 14.2 Å². The molecular formula is C22H34FN3O5. The van der Waals surface area contributed by atoms with Crippen LogP contribution in [0.15, 0.2) is 24.3 Å². The van der Waals surface area contributed by atoms with E-state index in [1.54, 1.807) is 24.1 Å². The van der Waals surface area contributed by atoms with Gasteiger partial charge in [-0.25, -0.2) is 4.39 Å². The van der Waals surface area contributed by atoms with Gasteiger partial charge < -0.3 is 24.2 Å². The van der Waals surface area contributed by atoms with Gasteiger partial charge in [-0.3, -0.25) is 14.6 Å². The summed E-state index contributed by atoms with van der Waals surface area (Å²) in [5.41, 5.74) is 0.0483. The number of carbonyl (C=O) groups is 1. The summed E-state index contributed by atoms with van der Waals surface area (Å²) in [6, 6.07) is 6.00. The molecule has 0 bridgehead atoms. The van der Waals surface area contributed by atoms with Gasteiger partial charge in [0.25, 0.3) is 5.91 Å². The molecule has 0 aromatic heterocycles. The maximum Gasteiger partial charge on any atom is 0.256 e. The molecule has 1 aromatic carbocycles. The Morgan fingerprint density at radius 3 is 2.68 bits per heavy atom. The first-order valence-corrected chi connectivity index (χ1v) is 10.9. The Balaban J connectivity index is 1.54. The first kappa shape index (κ1) is 24.0. The largest absolute Gasteiger partial charge is 0.390 e. The van der Waals surface area contributed by atoms with Gasteiger partial charge in [0.2, 0.25) is 0 Å². The molecule has 2 saturated heterocycles. The van der Waals surface area contributed by atoms with E-state index in [-0.39, 0.29) is 17.6 Å². The Morgan fingerprint density at radius 2 is 1.94 bits per heavy atom. The number of amides is 1. The predicted molar refractivity (Wildman–Crippen MR) is 114 cm³/mol. The van der Waals surface area contributed by atoms with Crippen molar-refractivity contribution >= 4 is 5.91 Å². The topological polar surface area (TPSA) is 74.7 Å². The number of aliphatic hydroxyl groups excluding tert-OH is 1. The zero-order chi connectivity index (χ0) is 22.1. The SMILES string of the molecule is COCCN(C[C@@H]1CN(C[C@H](O)CN2CCOCC2)CCO1)C(=O)c1ccccc1F. The lowest BCUT2D eigenvalue weighted by molar-refractivity contribution is -0.0564. The van der Waals surface area contributed by atoms with E-state index >= 15 is 0 Å². The molecule has 8 nitrogen and oxygen atoms in total. The summed E-state index contributed by atoms with van der Waals surface area (Å²) < 4.78 is 30.5. The van der Waals surface area contributed by atoms with Crippen LogP contribution in [0.5, 0.6) is 0 Å². The van der Waals surface area contributed by atoms with Gasteiger partial charge in [0.1, 0.15) is 5.82 Å². The number of carbonyl (C=O) groups excluding carboxylic acids is 1. The molecule has 2 atom stereocenters. The minimum Gasteiger partial charge on any atom is -0.390 e. The second-order valence-corrected chi connectivity index (χ2v) is 8.04. The lowest BCUT2D eigenvalue weighted by Crippen LogP contribution is -2.52. The second-order valence-electron chi connectivity index (χ2n) is 8.04. The van der Waals surface area contributed by atoms with Gasteiger partial charge in [0, 0.05) is 59.5 Å². The Kier molecular flexibility index (Phi) is 9.63. The van der Waals surface area contributed by atoms with Crippen LogP contribution >= 0.6 is 0 Å². The normalized spacial score (nSPS) is 21.7. The minimum absolute atomic E-state index is 0.0483. The Hall–Kier alpha value is -1.62. The monoisotopic (exact) mass is 439 g/mol. The highest BCUT2D eigenvalue weighted by Crippen LogP contribution is 2.14. The summed E-state index contributed by atoms with van der Waals surface area (Å²) in [6.07, 6.45) is -0.668. The number of β-amino-alcohol motifs (C(OH)–C–C–N with tert-alkyl or cyclic N) is 1. The number of hydrogen-bond acceptors (Lipinski definition) is 7. The van der Waals surface area contributed by atoms with Gasteiger partial charge in [-0.1, -0.05) is 12.1 Å². The van der Waals surface area contributed by atoms with Gasteiger partial charge in [-0.05, 0) is 12.1 Å². The molecule has 9 heteroatoms. The maximum atomic E-state index is 14.1. The summed E-state index contributed by atoms with van der Waals surface area (Å²) in [5, 5.41) is 10.5. The third kappa shape index (κ3) is 7.48. The molecule has 1 amide bonds. The van der Waals surface area contributed by atoms with Crippen molar-refractivity contribution in [2.45, 2.75) is 12.2 Å². The molecule has 0 aliphatic carbocycles. The molecule has 3 rings (SSSR count). The van der Waals surface area contributed by atoms with Crippen LogP contribution < -0.4 is 0 Å². The van der Waals surface area contributed by atoms with Gasteiger partial charge in [-0.2, -0.15) is 0 Å². The van der Waals surface area contributed by atoms with Gasteiger partial charge in [0.05, 0.1) is 44.2 Å². The van der Waals surface area contributed by atoms with Crippen LogP contribution in [0.4, 0.5) is 4.39 Å². The van der Waals surface area contributed by atoms with Crippen molar-refractivity contribution in [3.8, 4) is 0 Å². The molecular weight excluding hydrogens is 405 g/mol. The van der Waals surface area contributed by atoms with Crippen molar-refractivity contribution in [2.75, 3.05) is 85.9 Å². The molecule has 31 heavy (non-hydrogen) atoms. The number of ether oxygens (including phenoxy) is 3. The molecule has 2 fully saturated rings. The zero-order valence-electron chi connectivity index (χ0n) is 18.2. The van der Waals surface area contributed by atoms with E-state index in [0.29, 0.717) is 59.2 Å². The van der Waals surface area contributed by atoms with Gasteiger partial charge in [0.15, 0.2) is 0 Å². The van der Waals surface area contributed by atoms with Gasteiger partial charge in [-0.15, -0.1) is 0 Å². The minimum atomic E-state index is -0.535. The number of benzene rings is 1. The molecule has 174 valence electrons. The average molecular weight is 440 g/mol. The standard InChI is InChI=1S/C22H34FN3O5/c1-29-10-9-26(22(28)20-4-2-3-5-21(20)23)17-19-16-25(8-13-31-19)15-18(27)14-24-6-11-30-12-7-24/h2-5,18-19,27H,6-17H2,1H3/t18-,19+/m1/s1. The quantitative estimate of drug-likeness (QED) is 0.562. The third-order valence-corrected chi connectivity index (χ3v) is 5.65. The summed E-state index contributed by atoms with van der Waals surface area (Å²) >= 11 is 0. The molecule has 0 radical (unpaired) electrons. The lowest BCUT2D eigenvalue weighted by Gasteiger charge is -2.37. The molecule has 2 aliphatic rings. The number of morpholine rings is 2. The molecule has 0 unspecified atom stereocenters. The lowest BCUT2D eigenvalue weighted by atomic mass is 10.1. The van der Waals surface area contributed by atoms with Crippen molar-refractivity contribution in [1.82, 2.24) is 14.7 Å². The highest BCUT2D eigenvalue weighted by Gasteiger charge is 2.28. The number of halogens is 1. The molecule has 2 aliphatic heterocycles. The number of hydrogen-bond donors (Lipinski definition) is 1. The Morgan fingerprint density at radius 1 is 1.23 bits per heavy atom. The van der Waals surface area contributed by atoms with Crippen molar-refractivity contribution < 1.29 is 28.5 Å². The molecule has 0 saturated carbocycles. The number of rotatable bonds is 10. The fourth-order valence-corrected chi connectivity index (χ4v) is 4.02. The summed E-state index contributed by atoms with van der Waals surface area (Å²) in [4.78, 5) is 18.9. The van der Waals surface area contributed by atoms with Crippen LogP contribution in [0.2, 0.25) is 0 Å². The summed E-state index contributed by atoms with van der Waals surface area (Å²) in [7, 11) is 1.57. The molecule has 2 heterocycles. The first-order valence-electron chi connectivity index (χ1n) is 10.9. The summed E-state index contributed by atoms with van der Waals surface area (Å²) in [5.74, 6) is -0.907. The van der Waals surface area contributed by atoms with E-state index in [1.807, 2.05) is 0 Å². The van der Waals surface area contributed by atoms with E-state index in [0.717, 1.165) is 19.6 Å². The van der Waals surface area contributed by atoms with Crippen LogP contribution in [0.25, 0.3) is 0 Å². The fraction of sp³-hybridized carbons (Fsp3) is 0.682. The van der Waals surface area contributed by atoms with Crippen molar-refractivity contribution in [2.24, 2.45) is 0 Å². The average Bonchev–Trinajstić information content (AvgIpc) is 2.77.